The van der Waals surface area contributed by atoms with Gasteiger partial charge in [-0.2, -0.15) is 0 Å². The molecule has 24 heavy (non-hydrogen) atoms. The van der Waals surface area contributed by atoms with Gasteiger partial charge in [0.15, 0.2) is 0 Å². The number of nitrogens with zero attached hydrogens (tertiary/aromatic N) is 1. The normalized spacial score (nSPS) is 22.6. The third-order valence-electron chi connectivity index (χ3n) is 4.40. The second-order valence-corrected chi connectivity index (χ2v) is 6.09. The maximum absolute atomic E-state index is 12.4. The Bertz CT molecular complexity index is 626. The van der Waals surface area contributed by atoms with Crippen LogP contribution in [0.1, 0.15) is 6.42 Å². The first-order valence-electron chi connectivity index (χ1n) is 8.32. The first-order chi connectivity index (χ1) is 11.7. The monoisotopic (exact) mass is 329 g/mol. The van der Waals surface area contributed by atoms with Crippen molar-refractivity contribution in [2.45, 2.75) is 6.42 Å². The molecule has 3 rings (SSSR count). The summed E-state index contributed by atoms with van der Waals surface area (Å²) in [6, 6.07) is 7.77. The van der Waals surface area contributed by atoms with Crippen LogP contribution in [0.4, 0.5) is 11.4 Å². The van der Waals surface area contributed by atoms with Gasteiger partial charge in [-0.05, 0) is 18.6 Å². The number of morpholine rings is 1. The predicted molar refractivity (Wildman–Crippen MR) is 92.9 cm³/mol. The lowest BCUT2D eigenvalue weighted by Crippen LogP contribution is -2.36. The van der Waals surface area contributed by atoms with E-state index in [0.717, 1.165) is 24.5 Å². The summed E-state index contributed by atoms with van der Waals surface area (Å²) >= 11 is 0. The van der Waals surface area contributed by atoms with Gasteiger partial charge in [-0.15, -0.1) is 6.58 Å². The maximum Gasteiger partial charge on any atom is 0.228 e. The van der Waals surface area contributed by atoms with Crippen LogP contribution in [0, 0.1) is 11.8 Å². The zero-order valence-electron chi connectivity index (χ0n) is 13.7. The predicted octanol–water partition coefficient (Wildman–Crippen LogP) is 1.40. The Morgan fingerprint density at radius 1 is 1.21 bits per heavy atom. The van der Waals surface area contributed by atoms with Gasteiger partial charge >= 0.3 is 0 Å². The van der Waals surface area contributed by atoms with Crippen molar-refractivity contribution >= 4 is 23.2 Å². The van der Waals surface area contributed by atoms with E-state index in [1.807, 2.05) is 24.3 Å². The summed E-state index contributed by atoms with van der Waals surface area (Å²) in [6.45, 7) is 7.00. The van der Waals surface area contributed by atoms with E-state index >= 15 is 0 Å². The molecule has 2 atom stereocenters. The highest BCUT2D eigenvalue weighted by Crippen LogP contribution is 2.40. The average Bonchev–Trinajstić information content (AvgIpc) is 3.42. The van der Waals surface area contributed by atoms with Crippen LogP contribution in [0.15, 0.2) is 36.9 Å². The highest BCUT2D eigenvalue weighted by atomic mass is 16.5. The van der Waals surface area contributed by atoms with Crippen molar-refractivity contribution in [2.75, 3.05) is 43.1 Å². The molecule has 1 saturated carbocycles. The van der Waals surface area contributed by atoms with Crippen LogP contribution in [-0.2, 0) is 14.3 Å². The molecule has 1 heterocycles. The first kappa shape index (κ1) is 16.5. The number of carbonyl (C=O) groups is 2. The zero-order valence-corrected chi connectivity index (χ0v) is 13.7. The number of para-hydroxylation sites is 2. The largest absolute Gasteiger partial charge is 0.378 e. The summed E-state index contributed by atoms with van der Waals surface area (Å²) in [7, 11) is 0. The van der Waals surface area contributed by atoms with E-state index in [2.05, 4.69) is 22.1 Å². The minimum absolute atomic E-state index is 0.0727. The Morgan fingerprint density at radius 3 is 2.67 bits per heavy atom. The molecule has 2 aliphatic rings. The fourth-order valence-corrected chi connectivity index (χ4v) is 2.96. The third-order valence-corrected chi connectivity index (χ3v) is 4.40. The van der Waals surface area contributed by atoms with E-state index in [4.69, 9.17) is 4.74 Å². The molecule has 6 heteroatoms. The molecule has 0 aromatic heterocycles. The summed E-state index contributed by atoms with van der Waals surface area (Å²) in [6.07, 6.45) is 2.24. The summed E-state index contributed by atoms with van der Waals surface area (Å²) in [5.41, 5.74) is 1.80. The van der Waals surface area contributed by atoms with Crippen LogP contribution in [0.25, 0.3) is 0 Å². The van der Waals surface area contributed by atoms with E-state index in [1.165, 1.54) is 0 Å². The van der Waals surface area contributed by atoms with E-state index in [1.54, 1.807) is 6.08 Å². The van der Waals surface area contributed by atoms with E-state index < -0.39 is 0 Å². The molecule has 2 fully saturated rings. The molecule has 128 valence electrons. The number of ether oxygens (including phenoxy) is 1. The van der Waals surface area contributed by atoms with Crippen molar-refractivity contribution in [1.82, 2.24) is 5.32 Å². The Kier molecular flexibility index (Phi) is 5.15. The molecule has 6 nitrogen and oxygen atoms in total. The van der Waals surface area contributed by atoms with Crippen molar-refractivity contribution in [1.29, 1.82) is 0 Å². The van der Waals surface area contributed by atoms with Crippen molar-refractivity contribution < 1.29 is 14.3 Å². The first-order valence-corrected chi connectivity index (χ1v) is 8.32. The van der Waals surface area contributed by atoms with Crippen molar-refractivity contribution in [3.8, 4) is 0 Å². The molecule has 1 aliphatic heterocycles. The average molecular weight is 329 g/mol. The van der Waals surface area contributed by atoms with Gasteiger partial charge in [-0.3, -0.25) is 9.59 Å². The molecule has 2 unspecified atom stereocenters. The summed E-state index contributed by atoms with van der Waals surface area (Å²) in [5.74, 6) is -0.626. The van der Waals surface area contributed by atoms with Crippen LogP contribution in [0.5, 0.6) is 0 Å². The molecule has 0 spiro atoms. The summed E-state index contributed by atoms with van der Waals surface area (Å²) < 4.78 is 5.38. The Labute approximate surface area is 141 Å². The van der Waals surface area contributed by atoms with Crippen LogP contribution in [-0.4, -0.2) is 44.7 Å². The van der Waals surface area contributed by atoms with Gasteiger partial charge in [0.25, 0.3) is 0 Å². The fourth-order valence-electron chi connectivity index (χ4n) is 2.96. The molecule has 2 N–H and O–H groups in total. The van der Waals surface area contributed by atoms with Gasteiger partial charge < -0.3 is 20.3 Å². The van der Waals surface area contributed by atoms with E-state index in [9.17, 15) is 9.59 Å². The number of hydrogen-bond acceptors (Lipinski definition) is 4. The SMILES string of the molecule is C=CCNC(=O)C1CC1C(=O)Nc1ccccc1N1CCOCC1. The van der Waals surface area contributed by atoms with E-state index in [0.29, 0.717) is 26.2 Å². The number of rotatable bonds is 6. The lowest BCUT2D eigenvalue weighted by Gasteiger charge is -2.30. The van der Waals surface area contributed by atoms with Gasteiger partial charge in [-0.1, -0.05) is 18.2 Å². The Morgan fingerprint density at radius 2 is 1.92 bits per heavy atom. The number of carbonyl (C=O) groups excluding carboxylic acids is 2. The quantitative estimate of drug-likeness (QED) is 0.774. The smallest absolute Gasteiger partial charge is 0.228 e. The van der Waals surface area contributed by atoms with Crippen molar-refractivity contribution in [2.24, 2.45) is 11.8 Å². The topological polar surface area (TPSA) is 70.7 Å². The zero-order chi connectivity index (χ0) is 16.9. The minimum Gasteiger partial charge on any atom is -0.378 e. The van der Waals surface area contributed by atoms with Crippen LogP contribution in [0.3, 0.4) is 0 Å². The van der Waals surface area contributed by atoms with Crippen molar-refractivity contribution in [3.05, 3.63) is 36.9 Å². The molecule has 1 aliphatic carbocycles. The number of amides is 2. The summed E-state index contributed by atoms with van der Waals surface area (Å²) in [4.78, 5) is 26.5. The Hall–Kier alpha value is -2.34. The van der Waals surface area contributed by atoms with E-state index in [-0.39, 0.29) is 23.7 Å². The van der Waals surface area contributed by atoms with Gasteiger partial charge in [0, 0.05) is 19.6 Å². The van der Waals surface area contributed by atoms with Crippen molar-refractivity contribution in [3.63, 3.8) is 0 Å². The van der Waals surface area contributed by atoms with Crippen LogP contribution < -0.4 is 15.5 Å². The fraction of sp³-hybridized carbons (Fsp3) is 0.444. The standard InChI is InChI=1S/C18H23N3O3/c1-2-7-19-17(22)13-12-14(13)18(23)20-15-5-3-4-6-16(15)21-8-10-24-11-9-21/h2-6,13-14H,1,7-12H2,(H,19,22)(H,20,23). The third kappa shape index (κ3) is 3.76. The minimum atomic E-state index is -0.243. The molecule has 1 saturated heterocycles. The highest BCUT2D eigenvalue weighted by molar-refractivity contribution is 6.01. The lowest BCUT2D eigenvalue weighted by atomic mass is 10.2. The molecule has 2 amide bonds. The molecule has 0 bridgehead atoms. The number of nitrogens with one attached hydrogen (secondary N) is 2. The number of benzene rings is 1. The lowest BCUT2D eigenvalue weighted by molar-refractivity contribution is -0.125. The maximum atomic E-state index is 12.4. The molecule has 0 radical (unpaired) electrons. The van der Waals surface area contributed by atoms with Gasteiger partial charge in [0.05, 0.1) is 36.4 Å². The van der Waals surface area contributed by atoms with Crippen LogP contribution in [0.2, 0.25) is 0 Å². The highest BCUT2D eigenvalue weighted by Gasteiger charge is 2.47. The molecule has 1 aromatic rings. The number of anilines is 2. The van der Waals surface area contributed by atoms with Crippen LogP contribution >= 0.6 is 0 Å². The number of hydrogen-bond donors (Lipinski definition) is 2. The molecular formula is C18H23N3O3. The summed E-state index contributed by atoms with van der Waals surface area (Å²) in [5, 5.41) is 5.74. The molecule has 1 aromatic carbocycles. The molecular weight excluding hydrogens is 306 g/mol. The van der Waals surface area contributed by atoms with Gasteiger partial charge in [0.2, 0.25) is 11.8 Å². The van der Waals surface area contributed by atoms with Gasteiger partial charge in [0.1, 0.15) is 0 Å². The second-order valence-electron chi connectivity index (χ2n) is 6.09. The Balaban J connectivity index is 1.61. The second kappa shape index (κ2) is 7.49. The van der Waals surface area contributed by atoms with Gasteiger partial charge in [-0.25, -0.2) is 0 Å².